The maximum Gasteiger partial charge on any atom is 0.358 e. The minimum Gasteiger partial charge on any atom is -0.461 e. The number of hydrogen-bond donors (Lipinski definition) is 0. The van der Waals surface area contributed by atoms with Gasteiger partial charge in [0, 0.05) is 17.4 Å². The van der Waals surface area contributed by atoms with E-state index in [0.29, 0.717) is 11.5 Å². The normalized spacial score (nSPS) is 10.6. The van der Waals surface area contributed by atoms with Crippen LogP contribution in [0.2, 0.25) is 5.02 Å². The smallest absolute Gasteiger partial charge is 0.358 e. The molecule has 3 aromatic rings. The SMILES string of the molecule is CCOC(=O)c1cn(-c2ccc(F)c(Cl)c2)c(-c2ccccc2)n1. The second kappa shape index (κ2) is 6.84. The highest BCUT2D eigenvalue weighted by molar-refractivity contribution is 6.30. The number of imidazole rings is 1. The number of carbonyl (C=O) groups is 1. The summed E-state index contributed by atoms with van der Waals surface area (Å²) < 4.78 is 20.1. The molecule has 2 aromatic carbocycles. The van der Waals surface area contributed by atoms with Crippen LogP contribution in [0.1, 0.15) is 17.4 Å². The van der Waals surface area contributed by atoms with E-state index in [4.69, 9.17) is 16.3 Å². The summed E-state index contributed by atoms with van der Waals surface area (Å²) in [4.78, 5) is 16.4. The maximum atomic E-state index is 13.4. The first-order valence-corrected chi connectivity index (χ1v) is 7.75. The Kier molecular flexibility index (Phi) is 4.62. The highest BCUT2D eigenvalue weighted by atomic mass is 35.5. The molecule has 0 radical (unpaired) electrons. The number of aromatic nitrogens is 2. The minimum absolute atomic E-state index is 0.00195. The third-order valence-corrected chi connectivity index (χ3v) is 3.69. The van der Waals surface area contributed by atoms with Gasteiger partial charge >= 0.3 is 5.97 Å². The molecule has 0 bridgehead atoms. The Hall–Kier alpha value is -2.66. The number of hydrogen-bond acceptors (Lipinski definition) is 3. The molecule has 0 saturated carbocycles. The van der Waals surface area contributed by atoms with Crippen molar-refractivity contribution in [2.45, 2.75) is 6.92 Å². The predicted molar refractivity (Wildman–Crippen MR) is 89.9 cm³/mol. The number of rotatable bonds is 4. The van der Waals surface area contributed by atoms with Gasteiger partial charge in [-0.15, -0.1) is 0 Å². The van der Waals surface area contributed by atoms with E-state index in [2.05, 4.69) is 4.98 Å². The van der Waals surface area contributed by atoms with Gasteiger partial charge < -0.3 is 4.74 Å². The van der Waals surface area contributed by atoms with Crippen LogP contribution >= 0.6 is 11.6 Å². The third kappa shape index (κ3) is 3.16. The highest BCUT2D eigenvalue weighted by Crippen LogP contribution is 2.26. The molecule has 0 aliphatic heterocycles. The molecule has 0 spiro atoms. The van der Waals surface area contributed by atoms with Crippen molar-refractivity contribution in [3.63, 3.8) is 0 Å². The van der Waals surface area contributed by atoms with E-state index in [1.54, 1.807) is 23.8 Å². The Morgan fingerprint density at radius 3 is 2.67 bits per heavy atom. The van der Waals surface area contributed by atoms with Crippen molar-refractivity contribution in [1.82, 2.24) is 9.55 Å². The number of halogens is 2. The lowest BCUT2D eigenvalue weighted by Gasteiger charge is -2.08. The van der Waals surface area contributed by atoms with Gasteiger partial charge in [-0.3, -0.25) is 4.57 Å². The minimum atomic E-state index is -0.512. The lowest BCUT2D eigenvalue weighted by Crippen LogP contribution is -2.04. The Morgan fingerprint density at radius 1 is 1.25 bits per heavy atom. The molecule has 0 unspecified atom stereocenters. The highest BCUT2D eigenvalue weighted by Gasteiger charge is 2.18. The molecule has 0 fully saturated rings. The molecule has 0 aliphatic rings. The largest absolute Gasteiger partial charge is 0.461 e. The molecule has 24 heavy (non-hydrogen) atoms. The second-order valence-corrected chi connectivity index (χ2v) is 5.41. The quantitative estimate of drug-likeness (QED) is 0.654. The molecule has 6 heteroatoms. The van der Waals surface area contributed by atoms with Gasteiger partial charge in [0.2, 0.25) is 0 Å². The zero-order valence-corrected chi connectivity index (χ0v) is 13.6. The first kappa shape index (κ1) is 16.2. The maximum absolute atomic E-state index is 13.4. The number of nitrogens with zero attached hydrogens (tertiary/aromatic N) is 2. The third-order valence-electron chi connectivity index (χ3n) is 3.40. The van der Waals surface area contributed by atoms with Crippen molar-refractivity contribution in [3.05, 3.63) is 71.3 Å². The van der Waals surface area contributed by atoms with Crippen LogP contribution in [-0.2, 0) is 4.74 Å². The van der Waals surface area contributed by atoms with E-state index < -0.39 is 11.8 Å². The van der Waals surface area contributed by atoms with Crippen LogP contribution in [0, 0.1) is 5.82 Å². The summed E-state index contributed by atoms with van der Waals surface area (Å²) in [7, 11) is 0. The summed E-state index contributed by atoms with van der Waals surface area (Å²) in [5.41, 5.74) is 1.59. The van der Waals surface area contributed by atoms with Gasteiger partial charge in [-0.05, 0) is 25.1 Å². The lowest BCUT2D eigenvalue weighted by molar-refractivity contribution is 0.0520. The standard InChI is InChI=1S/C18H14ClFN2O2/c1-2-24-18(23)16-11-22(13-8-9-15(20)14(19)10-13)17(21-16)12-6-4-3-5-7-12/h3-11H,2H2,1H3. The molecule has 4 nitrogen and oxygen atoms in total. The molecule has 0 saturated heterocycles. The molecule has 122 valence electrons. The monoisotopic (exact) mass is 344 g/mol. The summed E-state index contributed by atoms with van der Waals surface area (Å²) >= 11 is 5.88. The summed E-state index contributed by atoms with van der Waals surface area (Å²) in [6.07, 6.45) is 1.56. The Bertz CT molecular complexity index is 878. The van der Waals surface area contributed by atoms with Gasteiger partial charge in [0.1, 0.15) is 11.6 Å². The zero-order valence-electron chi connectivity index (χ0n) is 12.9. The predicted octanol–water partition coefficient (Wildman–Crippen LogP) is 4.51. The van der Waals surface area contributed by atoms with E-state index in [1.165, 1.54) is 12.1 Å². The van der Waals surface area contributed by atoms with Crippen molar-refractivity contribution in [2.75, 3.05) is 6.61 Å². The van der Waals surface area contributed by atoms with Crippen LogP contribution in [0.5, 0.6) is 0 Å². The van der Waals surface area contributed by atoms with Crippen molar-refractivity contribution >= 4 is 17.6 Å². The van der Waals surface area contributed by atoms with Crippen molar-refractivity contribution in [1.29, 1.82) is 0 Å². The molecule has 0 amide bonds. The van der Waals surface area contributed by atoms with Gasteiger partial charge in [0.15, 0.2) is 5.69 Å². The van der Waals surface area contributed by atoms with E-state index in [9.17, 15) is 9.18 Å². The average Bonchev–Trinajstić information content (AvgIpc) is 3.04. The fourth-order valence-corrected chi connectivity index (χ4v) is 2.48. The van der Waals surface area contributed by atoms with Crippen molar-refractivity contribution < 1.29 is 13.9 Å². The first-order chi connectivity index (χ1) is 11.6. The lowest BCUT2D eigenvalue weighted by atomic mass is 10.2. The number of ether oxygens (including phenoxy) is 1. The molecule has 3 rings (SSSR count). The van der Waals surface area contributed by atoms with Crippen LogP contribution in [0.4, 0.5) is 4.39 Å². The van der Waals surface area contributed by atoms with Gasteiger partial charge in [0.25, 0.3) is 0 Å². The average molecular weight is 345 g/mol. The molecule has 1 aromatic heterocycles. The molecular weight excluding hydrogens is 331 g/mol. The number of carbonyl (C=O) groups excluding carboxylic acids is 1. The van der Waals surface area contributed by atoms with Gasteiger partial charge in [0.05, 0.1) is 11.6 Å². The number of benzene rings is 2. The summed E-state index contributed by atoms with van der Waals surface area (Å²) in [5.74, 6) is -0.477. The van der Waals surface area contributed by atoms with Crippen LogP contribution in [0.25, 0.3) is 17.1 Å². The van der Waals surface area contributed by atoms with E-state index in [-0.39, 0.29) is 17.3 Å². The van der Waals surface area contributed by atoms with E-state index in [0.717, 1.165) is 5.56 Å². The van der Waals surface area contributed by atoms with E-state index in [1.807, 2.05) is 30.3 Å². The summed E-state index contributed by atoms with van der Waals surface area (Å²) in [5, 5.41) is -0.00195. The van der Waals surface area contributed by atoms with E-state index >= 15 is 0 Å². The molecule has 1 heterocycles. The summed E-state index contributed by atoms with van der Waals surface area (Å²) in [6, 6.07) is 13.7. The molecule has 0 N–H and O–H groups in total. The Balaban J connectivity index is 2.15. The van der Waals surface area contributed by atoms with Crippen LogP contribution in [0.15, 0.2) is 54.7 Å². The van der Waals surface area contributed by atoms with Crippen LogP contribution in [-0.4, -0.2) is 22.1 Å². The van der Waals surface area contributed by atoms with Crippen LogP contribution < -0.4 is 0 Å². The van der Waals surface area contributed by atoms with Gasteiger partial charge in [-0.25, -0.2) is 14.2 Å². The van der Waals surface area contributed by atoms with Crippen molar-refractivity contribution in [2.24, 2.45) is 0 Å². The van der Waals surface area contributed by atoms with Crippen LogP contribution in [0.3, 0.4) is 0 Å². The Labute approximate surface area is 143 Å². The van der Waals surface area contributed by atoms with Gasteiger partial charge in [-0.2, -0.15) is 0 Å². The fraction of sp³-hybridized carbons (Fsp3) is 0.111. The molecule has 0 atom stereocenters. The number of esters is 1. The zero-order chi connectivity index (χ0) is 17.1. The summed E-state index contributed by atoms with van der Waals surface area (Å²) in [6.45, 7) is 1.99. The fourth-order valence-electron chi connectivity index (χ4n) is 2.31. The second-order valence-electron chi connectivity index (χ2n) is 5.00. The first-order valence-electron chi connectivity index (χ1n) is 7.37. The molecule has 0 aliphatic carbocycles. The molecular formula is C18H14ClFN2O2. The Morgan fingerprint density at radius 2 is 2.00 bits per heavy atom. The topological polar surface area (TPSA) is 44.1 Å². The van der Waals surface area contributed by atoms with Crippen molar-refractivity contribution in [3.8, 4) is 17.1 Å². The van der Waals surface area contributed by atoms with Gasteiger partial charge in [-0.1, -0.05) is 41.9 Å².